The molecule has 0 spiro atoms. The summed E-state index contributed by atoms with van der Waals surface area (Å²) in [4.78, 5) is 9.75. The molecule has 1 aromatic heterocycles. The lowest BCUT2D eigenvalue weighted by atomic mass is 10.2. The van der Waals surface area contributed by atoms with Crippen LogP contribution in [0.2, 0.25) is 0 Å². The highest BCUT2D eigenvalue weighted by Gasteiger charge is 2.07. The average molecular weight is 325 g/mol. The predicted molar refractivity (Wildman–Crippen MR) is 75.7 cm³/mol. The van der Waals surface area contributed by atoms with Crippen LogP contribution in [0, 0.1) is 13.8 Å². The molecule has 0 radical (unpaired) electrons. The Balaban J connectivity index is 2.35. The van der Waals surface area contributed by atoms with Gasteiger partial charge < -0.3 is 5.11 Å². The second-order valence-electron chi connectivity index (χ2n) is 3.95. The van der Waals surface area contributed by atoms with Crippen LogP contribution in [0.15, 0.2) is 38.8 Å². The van der Waals surface area contributed by atoms with E-state index in [1.54, 1.807) is 0 Å². The number of nitrogens with zero attached hydrogens (tertiary/aromatic N) is 2. The lowest BCUT2D eigenvalue weighted by Gasteiger charge is -2.07. The Labute approximate surface area is 119 Å². The average Bonchev–Trinajstić information content (AvgIpc) is 2.27. The van der Waals surface area contributed by atoms with Crippen LogP contribution in [0.1, 0.15) is 17.0 Å². The smallest absolute Gasteiger partial charge is 0.192 e. The van der Waals surface area contributed by atoms with Crippen LogP contribution in [-0.2, 0) is 6.61 Å². The van der Waals surface area contributed by atoms with E-state index in [-0.39, 0.29) is 6.61 Å². The van der Waals surface area contributed by atoms with Crippen molar-refractivity contribution in [2.24, 2.45) is 0 Å². The number of aromatic nitrogens is 2. The first-order valence-electron chi connectivity index (χ1n) is 5.48. The number of aryl methyl sites for hydroxylation is 2. The highest BCUT2D eigenvalue weighted by atomic mass is 79.9. The molecule has 1 heterocycles. The second kappa shape index (κ2) is 5.82. The van der Waals surface area contributed by atoms with Crippen LogP contribution >= 0.6 is 27.7 Å². The highest BCUT2D eigenvalue weighted by Crippen LogP contribution is 2.30. The van der Waals surface area contributed by atoms with E-state index >= 15 is 0 Å². The Morgan fingerprint density at radius 3 is 2.44 bits per heavy atom. The molecule has 3 nitrogen and oxygen atoms in total. The molecule has 0 amide bonds. The number of rotatable bonds is 3. The summed E-state index contributed by atoms with van der Waals surface area (Å²) in [7, 11) is 0. The third-order valence-electron chi connectivity index (χ3n) is 2.36. The fourth-order valence-corrected chi connectivity index (χ4v) is 3.13. The Bertz CT molecular complexity index is 555. The van der Waals surface area contributed by atoms with Crippen LogP contribution in [0.4, 0.5) is 0 Å². The van der Waals surface area contributed by atoms with Crippen molar-refractivity contribution in [1.82, 2.24) is 9.97 Å². The van der Waals surface area contributed by atoms with Gasteiger partial charge in [0.15, 0.2) is 5.16 Å². The zero-order valence-corrected chi connectivity index (χ0v) is 12.5. The topological polar surface area (TPSA) is 46.0 Å². The van der Waals surface area contributed by atoms with Crippen molar-refractivity contribution in [2.75, 3.05) is 0 Å². The Morgan fingerprint density at radius 1 is 1.17 bits per heavy atom. The molecule has 0 aliphatic rings. The standard InChI is InChI=1S/C13H13BrN2OS/c1-8-5-9(2)16-13(15-8)18-12-6-11(14)4-3-10(12)7-17/h3-6,17H,7H2,1-2H3. The van der Waals surface area contributed by atoms with Gasteiger partial charge in [-0.05, 0) is 49.4 Å². The van der Waals surface area contributed by atoms with Gasteiger partial charge in [-0.1, -0.05) is 22.0 Å². The zero-order chi connectivity index (χ0) is 13.1. The molecule has 0 aliphatic heterocycles. The van der Waals surface area contributed by atoms with Gasteiger partial charge in [-0.25, -0.2) is 9.97 Å². The van der Waals surface area contributed by atoms with Crippen molar-refractivity contribution in [3.63, 3.8) is 0 Å². The fraction of sp³-hybridized carbons (Fsp3) is 0.231. The maximum Gasteiger partial charge on any atom is 0.192 e. The van der Waals surface area contributed by atoms with Gasteiger partial charge in [0.1, 0.15) is 0 Å². The van der Waals surface area contributed by atoms with E-state index in [0.717, 1.165) is 26.3 Å². The summed E-state index contributed by atoms with van der Waals surface area (Å²) in [5.41, 5.74) is 2.78. The first-order valence-corrected chi connectivity index (χ1v) is 7.09. The first-order chi connectivity index (χ1) is 8.58. The third-order valence-corrected chi connectivity index (χ3v) is 3.82. The second-order valence-corrected chi connectivity index (χ2v) is 5.87. The summed E-state index contributed by atoms with van der Waals surface area (Å²) in [6.07, 6.45) is 0. The van der Waals surface area contributed by atoms with Crippen LogP contribution in [0.5, 0.6) is 0 Å². The molecule has 94 valence electrons. The van der Waals surface area contributed by atoms with Crippen molar-refractivity contribution in [1.29, 1.82) is 0 Å². The molecule has 0 saturated carbocycles. The van der Waals surface area contributed by atoms with Crippen LogP contribution in [0.3, 0.4) is 0 Å². The number of aliphatic hydroxyl groups excluding tert-OH is 1. The summed E-state index contributed by atoms with van der Waals surface area (Å²) >= 11 is 4.90. The van der Waals surface area contributed by atoms with Crippen molar-refractivity contribution in [3.05, 3.63) is 45.7 Å². The van der Waals surface area contributed by atoms with Gasteiger partial charge in [-0.2, -0.15) is 0 Å². The number of halogens is 1. The minimum absolute atomic E-state index is 0.0143. The van der Waals surface area contributed by atoms with Crippen LogP contribution < -0.4 is 0 Å². The van der Waals surface area contributed by atoms with E-state index < -0.39 is 0 Å². The van der Waals surface area contributed by atoms with E-state index in [9.17, 15) is 5.11 Å². The summed E-state index contributed by atoms with van der Waals surface area (Å²) in [6.45, 7) is 3.92. The maximum atomic E-state index is 9.33. The van der Waals surface area contributed by atoms with Gasteiger partial charge in [-0.15, -0.1) is 0 Å². The molecule has 0 bridgehead atoms. The Hall–Kier alpha value is -0.910. The van der Waals surface area contributed by atoms with Crippen LogP contribution in [0.25, 0.3) is 0 Å². The van der Waals surface area contributed by atoms with E-state index in [1.165, 1.54) is 11.8 Å². The molecular formula is C13H13BrN2OS. The normalized spacial score (nSPS) is 10.7. The lowest BCUT2D eigenvalue weighted by molar-refractivity contribution is 0.279. The molecule has 2 rings (SSSR count). The molecule has 0 atom stereocenters. The van der Waals surface area contributed by atoms with Gasteiger partial charge in [0.05, 0.1) is 6.61 Å². The minimum Gasteiger partial charge on any atom is -0.392 e. The van der Waals surface area contributed by atoms with E-state index in [0.29, 0.717) is 5.16 Å². The van der Waals surface area contributed by atoms with Gasteiger partial charge >= 0.3 is 0 Å². The van der Waals surface area contributed by atoms with Gasteiger partial charge in [0, 0.05) is 20.8 Å². The van der Waals surface area contributed by atoms with Gasteiger partial charge in [-0.3, -0.25) is 0 Å². The molecule has 18 heavy (non-hydrogen) atoms. The number of benzene rings is 1. The monoisotopic (exact) mass is 324 g/mol. The van der Waals surface area contributed by atoms with Crippen molar-refractivity contribution >= 4 is 27.7 Å². The summed E-state index contributed by atoms with van der Waals surface area (Å²) in [5.74, 6) is 0. The maximum absolute atomic E-state index is 9.33. The third kappa shape index (κ3) is 3.31. The minimum atomic E-state index is 0.0143. The van der Waals surface area contributed by atoms with E-state index in [4.69, 9.17) is 0 Å². The number of hydrogen-bond donors (Lipinski definition) is 1. The molecule has 0 unspecified atom stereocenters. The summed E-state index contributed by atoms with van der Waals surface area (Å²) < 4.78 is 0.978. The van der Waals surface area contributed by atoms with E-state index in [1.807, 2.05) is 38.1 Å². The summed E-state index contributed by atoms with van der Waals surface area (Å²) in [5, 5.41) is 10.0. The molecule has 0 saturated heterocycles. The first kappa shape index (κ1) is 13.5. The van der Waals surface area contributed by atoms with Crippen molar-refractivity contribution < 1.29 is 5.11 Å². The molecule has 0 aliphatic carbocycles. The predicted octanol–water partition coefficient (Wildman–Crippen LogP) is 3.50. The highest BCUT2D eigenvalue weighted by molar-refractivity contribution is 9.10. The van der Waals surface area contributed by atoms with Gasteiger partial charge in [0.25, 0.3) is 0 Å². The fourth-order valence-electron chi connectivity index (χ4n) is 1.59. The number of aliphatic hydroxyl groups is 1. The Morgan fingerprint density at radius 2 is 1.83 bits per heavy atom. The molecule has 1 N–H and O–H groups in total. The molecule has 2 aromatic rings. The SMILES string of the molecule is Cc1cc(C)nc(Sc2cc(Br)ccc2CO)n1. The number of hydrogen-bond acceptors (Lipinski definition) is 4. The molecular weight excluding hydrogens is 312 g/mol. The van der Waals surface area contributed by atoms with Gasteiger partial charge in [0.2, 0.25) is 0 Å². The van der Waals surface area contributed by atoms with Crippen molar-refractivity contribution in [2.45, 2.75) is 30.5 Å². The largest absolute Gasteiger partial charge is 0.392 e. The molecule has 1 aromatic carbocycles. The zero-order valence-electron chi connectivity index (χ0n) is 10.1. The van der Waals surface area contributed by atoms with Crippen molar-refractivity contribution in [3.8, 4) is 0 Å². The van der Waals surface area contributed by atoms with Crippen LogP contribution in [-0.4, -0.2) is 15.1 Å². The molecule has 5 heteroatoms. The Kier molecular flexibility index (Phi) is 4.37. The quantitative estimate of drug-likeness (QED) is 0.878. The lowest BCUT2D eigenvalue weighted by Crippen LogP contribution is -1.94. The molecule has 0 fully saturated rings. The van der Waals surface area contributed by atoms with E-state index in [2.05, 4.69) is 25.9 Å². The summed E-state index contributed by atoms with van der Waals surface area (Å²) in [6, 6.07) is 7.72.